The third kappa shape index (κ3) is 4.44. The van der Waals surface area contributed by atoms with E-state index in [1.165, 1.54) is 32.4 Å². The zero-order chi connectivity index (χ0) is 13.7. The van der Waals surface area contributed by atoms with Crippen molar-refractivity contribution in [3.8, 4) is 5.75 Å². The molecule has 0 radical (unpaired) electrons. The van der Waals surface area contributed by atoms with E-state index in [2.05, 4.69) is 20.8 Å². The summed E-state index contributed by atoms with van der Waals surface area (Å²) in [5.74, 6) is 0.771. The zero-order valence-corrected chi connectivity index (χ0v) is 13.3. The molecule has 1 aromatic carbocycles. The van der Waals surface area contributed by atoms with Crippen LogP contribution in [-0.4, -0.2) is 36.1 Å². The van der Waals surface area contributed by atoms with Crippen molar-refractivity contribution in [1.82, 2.24) is 4.90 Å². The van der Waals surface area contributed by atoms with Crippen molar-refractivity contribution >= 4 is 33.1 Å². The predicted molar refractivity (Wildman–Crippen MR) is 85.8 cm³/mol. The summed E-state index contributed by atoms with van der Waals surface area (Å²) in [4.78, 5) is 2.82. The second-order valence-corrected chi connectivity index (χ2v) is 6.11. The normalized spacial score (nSPS) is 16.3. The van der Waals surface area contributed by atoms with Crippen LogP contribution in [0.1, 0.15) is 24.8 Å². The van der Waals surface area contributed by atoms with Gasteiger partial charge in [0.05, 0.1) is 5.56 Å². The fraction of sp³-hybridized carbons (Fsp3) is 0.500. The number of ether oxygens (including phenoxy) is 1. The average Bonchev–Trinajstić information content (AvgIpc) is 2.41. The van der Waals surface area contributed by atoms with Gasteiger partial charge in [0.1, 0.15) is 17.3 Å². The lowest BCUT2D eigenvalue weighted by molar-refractivity contribution is 0.183. The summed E-state index contributed by atoms with van der Waals surface area (Å²) in [6, 6.07) is 5.76. The Balaban J connectivity index is 1.89. The van der Waals surface area contributed by atoms with E-state index in [1.807, 2.05) is 18.2 Å². The summed E-state index contributed by atoms with van der Waals surface area (Å²) in [6.07, 6.45) is 3.96. The van der Waals surface area contributed by atoms with E-state index in [4.69, 9.17) is 22.7 Å². The summed E-state index contributed by atoms with van der Waals surface area (Å²) in [6.45, 7) is 4.02. The topological polar surface area (TPSA) is 38.5 Å². The van der Waals surface area contributed by atoms with Crippen LogP contribution in [0.25, 0.3) is 0 Å². The Morgan fingerprint density at radius 1 is 1.32 bits per heavy atom. The maximum atomic E-state index is 5.83. The van der Waals surface area contributed by atoms with E-state index in [1.54, 1.807) is 0 Å². The molecule has 1 saturated heterocycles. The van der Waals surface area contributed by atoms with Crippen molar-refractivity contribution in [3.63, 3.8) is 0 Å². The third-order valence-corrected chi connectivity index (χ3v) is 4.03. The summed E-state index contributed by atoms with van der Waals surface area (Å²) >= 11 is 8.47. The minimum absolute atomic E-state index is 0.370. The molecule has 0 spiro atoms. The van der Waals surface area contributed by atoms with Crippen LogP contribution in [0.3, 0.4) is 0 Å². The Morgan fingerprint density at radius 2 is 2.05 bits per heavy atom. The molecular weight excluding hydrogens is 324 g/mol. The molecule has 0 bridgehead atoms. The molecule has 2 rings (SSSR count). The molecule has 2 N–H and O–H groups in total. The highest BCUT2D eigenvalue weighted by molar-refractivity contribution is 9.10. The monoisotopic (exact) mass is 342 g/mol. The highest BCUT2D eigenvalue weighted by Crippen LogP contribution is 2.23. The van der Waals surface area contributed by atoms with Gasteiger partial charge >= 0.3 is 0 Å². The van der Waals surface area contributed by atoms with Crippen LogP contribution < -0.4 is 10.5 Å². The van der Waals surface area contributed by atoms with Gasteiger partial charge in [-0.3, -0.25) is 4.90 Å². The maximum absolute atomic E-state index is 5.83. The van der Waals surface area contributed by atoms with Crippen LogP contribution >= 0.6 is 28.1 Å². The fourth-order valence-corrected chi connectivity index (χ4v) is 2.81. The molecule has 0 aromatic heterocycles. The molecule has 5 heteroatoms. The molecule has 1 heterocycles. The van der Waals surface area contributed by atoms with Gasteiger partial charge in [0, 0.05) is 11.0 Å². The van der Waals surface area contributed by atoms with E-state index in [-0.39, 0.29) is 0 Å². The molecule has 1 aliphatic rings. The first kappa shape index (κ1) is 14.8. The molecule has 1 fully saturated rings. The average molecular weight is 343 g/mol. The second-order valence-electron chi connectivity index (χ2n) is 4.76. The molecule has 0 unspecified atom stereocenters. The summed E-state index contributed by atoms with van der Waals surface area (Å²) in [7, 11) is 0. The van der Waals surface area contributed by atoms with Gasteiger partial charge in [-0.2, -0.15) is 0 Å². The number of thiocarbonyl (C=S) groups is 1. The number of rotatable bonds is 5. The Bertz CT molecular complexity index is 447. The van der Waals surface area contributed by atoms with Crippen LogP contribution in [-0.2, 0) is 0 Å². The number of halogens is 1. The maximum Gasteiger partial charge on any atom is 0.129 e. The summed E-state index contributed by atoms with van der Waals surface area (Å²) in [5, 5.41) is 0. The number of likely N-dealkylation sites (tertiary alicyclic amines) is 1. The van der Waals surface area contributed by atoms with Crippen molar-refractivity contribution in [2.45, 2.75) is 19.3 Å². The number of hydrogen-bond acceptors (Lipinski definition) is 3. The third-order valence-electron chi connectivity index (χ3n) is 3.32. The number of hydrogen-bond donors (Lipinski definition) is 1. The molecule has 0 atom stereocenters. The molecule has 1 aliphatic heterocycles. The van der Waals surface area contributed by atoms with Crippen LogP contribution in [0.15, 0.2) is 22.7 Å². The molecule has 0 aliphatic carbocycles. The lowest BCUT2D eigenvalue weighted by Crippen LogP contribution is -2.33. The van der Waals surface area contributed by atoms with Gasteiger partial charge in [-0.25, -0.2) is 0 Å². The summed E-state index contributed by atoms with van der Waals surface area (Å²) < 4.78 is 6.78. The van der Waals surface area contributed by atoms with Gasteiger partial charge in [-0.1, -0.05) is 34.6 Å². The number of piperidine rings is 1. The Labute approximate surface area is 128 Å². The minimum Gasteiger partial charge on any atom is -0.492 e. The minimum atomic E-state index is 0.370. The molecule has 0 saturated carbocycles. The lowest BCUT2D eigenvalue weighted by atomic mass is 10.1. The van der Waals surface area contributed by atoms with Gasteiger partial charge in [0.2, 0.25) is 0 Å². The van der Waals surface area contributed by atoms with E-state index >= 15 is 0 Å². The van der Waals surface area contributed by atoms with Crippen LogP contribution in [0.4, 0.5) is 0 Å². The summed E-state index contributed by atoms with van der Waals surface area (Å²) in [5.41, 5.74) is 6.51. The quantitative estimate of drug-likeness (QED) is 0.835. The van der Waals surface area contributed by atoms with Gasteiger partial charge in [-0.15, -0.1) is 0 Å². The molecular formula is C14H19BrN2OS. The second kappa shape index (κ2) is 7.22. The van der Waals surface area contributed by atoms with Gasteiger partial charge in [0.25, 0.3) is 0 Å². The molecule has 1 aromatic rings. The van der Waals surface area contributed by atoms with E-state index in [9.17, 15) is 0 Å². The molecule has 0 amide bonds. The van der Waals surface area contributed by atoms with E-state index < -0.39 is 0 Å². The van der Waals surface area contributed by atoms with Crippen LogP contribution in [0.5, 0.6) is 5.75 Å². The largest absolute Gasteiger partial charge is 0.492 e. The van der Waals surface area contributed by atoms with Gasteiger partial charge in [-0.05, 0) is 44.1 Å². The first-order valence-corrected chi connectivity index (χ1v) is 7.81. The highest BCUT2D eigenvalue weighted by Gasteiger charge is 2.11. The van der Waals surface area contributed by atoms with Crippen LogP contribution in [0.2, 0.25) is 0 Å². The Kier molecular flexibility index (Phi) is 5.60. The highest BCUT2D eigenvalue weighted by atomic mass is 79.9. The van der Waals surface area contributed by atoms with Crippen molar-refractivity contribution in [1.29, 1.82) is 0 Å². The smallest absolute Gasteiger partial charge is 0.129 e. The van der Waals surface area contributed by atoms with Crippen molar-refractivity contribution in [3.05, 3.63) is 28.2 Å². The van der Waals surface area contributed by atoms with E-state index in [0.29, 0.717) is 11.6 Å². The van der Waals surface area contributed by atoms with Crippen molar-refractivity contribution < 1.29 is 4.74 Å². The van der Waals surface area contributed by atoms with Gasteiger partial charge in [0.15, 0.2) is 0 Å². The molecule has 104 valence electrons. The number of benzene rings is 1. The number of nitrogens with zero attached hydrogens (tertiary/aromatic N) is 1. The Hall–Kier alpha value is -0.650. The molecule has 3 nitrogen and oxygen atoms in total. The zero-order valence-electron chi connectivity index (χ0n) is 10.9. The van der Waals surface area contributed by atoms with Crippen LogP contribution in [0, 0.1) is 0 Å². The van der Waals surface area contributed by atoms with Crippen molar-refractivity contribution in [2.24, 2.45) is 5.73 Å². The number of nitrogens with two attached hydrogens (primary N) is 1. The van der Waals surface area contributed by atoms with E-state index in [0.717, 1.165) is 22.3 Å². The SMILES string of the molecule is NC(=S)c1cc(Br)ccc1OCCN1CCCCC1. The fourth-order valence-electron chi connectivity index (χ4n) is 2.29. The van der Waals surface area contributed by atoms with Gasteiger partial charge < -0.3 is 10.5 Å². The lowest BCUT2D eigenvalue weighted by Gasteiger charge is -2.26. The first-order chi connectivity index (χ1) is 9.16. The molecule has 19 heavy (non-hydrogen) atoms. The van der Waals surface area contributed by atoms with Crippen molar-refractivity contribution in [2.75, 3.05) is 26.2 Å². The Morgan fingerprint density at radius 3 is 2.74 bits per heavy atom. The standard InChI is InChI=1S/C14H19BrN2OS/c15-11-4-5-13(12(10-11)14(16)19)18-9-8-17-6-2-1-3-7-17/h4-5,10H,1-3,6-9H2,(H2,16,19). The predicted octanol–water partition coefficient (Wildman–Crippen LogP) is 2.95. The first-order valence-electron chi connectivity index (χ1n) is 6.61.